The van der Waals surface area contributed by atoms with Gasteiger partial charge in [0.05, 0.1) is 5.69 Å². The van der Waals surface area contributed by atoms with E-state index in [-0.39, 0.29) is 22.2 Å². The number of hydrogen-bond donors (Lipinski definition) is 2. The summed E-state index contributed by atoms with van der Waals surface area (Å²) in [6.07, 6.45) is -3.22. The molecule has 0 bridgehead atoms. The molecular weight excluding hydrogens is 305 g/mol. The van der Waals surface area contributed by atoms with E-state index < -0.39 is 17.7 Å². The molecule has 2 N–H and O–H groups in total. The van der Waals surface area contributed by atoms with Gasteiger partial charge in [0.1, 0.15) is 0 Å². The average molecular weight is 315 g/mol. The number of nitrogens with one attached hydrogen (secondary N) is 2. The fraction of sp³-hybridized carbons (Fsp3) is 0.357. The SMILES string of the molecule is O=C1Nc2cccc(Cl)c2[C@@](C#CC2CC2)(C(F)(F)F)N1. The monoisotopic (exact) mass is 314 g/mol. The molecule has 1 fully saturated rings. The minimum absolute atomic E-state index is 0.0219. The molecule has 3 nitrogen and oxygen atoms in total. The topological polar surface area (TPSA) is 41.1 Å². The van der Waals surface area contributed by atoms with Crippen molar-refractivity contribution in [2.24, 2.45) is 5.92 Å². The molecule has 3 rings (SSSR count). The van der Waals surface area contributed by atoms with E-state index in [1.807, 2.05) is 5.32 Å². The molecule has 0 saturated heterocycles. The van der Waals surface area contributed by atoms with Crippen LogP contribution >= 0.6 is 11.6 Å². The Labute approximate surface area is 123 Å². The van der Waals surface area contributed by atoms with Crippen LogP contribution in [0.1, 0.15) is 18.4 Å². The van der Waals surface area contributed by atoms with Crippen LogP contribution < -0.4 is 10.6 Å². The fourth-order valence-corrected chi connectivity index (χ4v) is 2.53. The van der Waals surface area contributed by atoms with Gasteiger partial charge in [-0.25, -0.2) is 4.79 Å². The van der Waals surface area contributed by atoms with E-state index in [0.29, 0.717) is 0 Å². The maximum Gasteiger partial charge on any atom is 0.427 e. The van der Waals surface area contributed by atoms with Crippen LogP contribution in [0.3, 0.4) is 0 Å². The molecule has 0 aromatic heterocycles. The van der Waals surface area contributed by atoms with Gasteiger partial charge < -0.3 is 10.6 Å². The Morgan fingerprint density at radius 3 is 2.67 bits per heavy atom. The Morgan fingerprint density at radius 1 is 1.33 bits per heavy atom. The number of amides is 2. The molecule has 1 atom stereocenters. The highest BCUT2D eigenvalue weighted by atomic mass is 35.5. The highest BCUT2D eigenvalue weighted by molar-refractivity contribution is 6.32. The summed E-state index contributed by atoms with van der Waals surface area (Å²) >= 11 is 5.95. The molecule has 110 valence electrons. The number of hydrogen-bond acceptors (Lipinski definition) is 1. The number of fused-ring (bicyclic) bond motifs is 1. The van der Waals surface area contributed by atoms with Gasteiger partial charge in [0.15, 0.2) is 0 Å². The molecule has 1 saturated carbocycles. The van der Waals surface area contributed by atoms with E-state index in [4.69, 9.17) is 11.6 Å². The van der Waals surface area contributed by atoms with Gasteiger partial charge in [-0.05, 0) is 25.0 Å². The Balaban J connectivity index is 2.25. The van der Waals surface area contributed by atoms with Crippen molar-refractivity contribution in [3.63, 3.8) is 0 Å². The molecule has 1 aromatic rings. The lowest BCUT2D eigenvalue weighted by molar-refractivity contribution is -0.178. The Bertz CT molecular complexity index is 673. The van der Waals surface area contributed by atoms with E-state index >= 15 is 0 Å². The van der Waals surface area contributed by atoms with Crippen molar-refractivity contribution in [1.82, 2.24) is 5.32 Å². The standard InChI is InChI=1S/C14H10ClF3N2O/c15-9-2-1-3-10-11(9)13(14(16,17)18,20-12(21)19-10)7-6-8-4-5-8/h1-3,8H,4-5H2,(H2,19,20,21)/t13-/m0/s1. The molecule has 0 spiro atoms. The second-order valence-electron chi connectivity index (χ2n) is 5.03. The Morgan fingerprint density at radius 2 is 2.05 bits per heavy atom. The predicted octanol–water partition coefficient (Wildman–Crippen LogP) is 3.65. The number of carbonyl (C=O) groups is 1. The molecule has 2 aliphatic rings. The first-order valence-electron chi connectivity index (χ1n) is 6.31. The van der Waals surface area contributed by atoms with Crippen molar-refractivity contribution in [2.75, 3.05) is 5.32 Å². The number of urea groups is 1. The Kier molecular flexibility index (Phi) is 3.06. The van der Waals surface area contributed by atoms with E-state index in [9.17, 15) is 18.0 Å². The molecule has 1 aromatic carbocycles. The Hall–Kier alpha value is -1.87. The number of benzene rings is 1. The second kappa shape index (κ2) is 4.57. The molecule has 1 heterocycles. The fourth-order valence-electron chi connectivity index (χ4n) is 2.21. The highest BCUT2D eigenvalue weighted by Gasteiger charge is 2.60. The van der Waals surface area contributed by atoms with Gasteiger partial charge in [-0.1, -0.05) is 29.5 Å². The summed E-state index contributed by atoms with van der Waals surface area (Å²) in [4.78, 5) is 11.6. The highest BCUT2D eigenvalue weighted by Crippen LogP contribution is 2.47. The zero-order valence-electron chi connectivity index (χ0n) is 10.6. The summed E-state index contributed by atoms with van der Waals surface area (Å²) < 4.78 is 41.1. The summed E-state index contributed by atoms with van der Waals surface area (Å²) in [5.74, 6) is 4.78. The van der Waals surface area contributed by atoms with Crippen LogP contribution in [0, 0.1) is 17.8 Å². The average Bonchev–Trinajstić information content (AvgIpc) is 3.18. The van der Waals surface area contributed by atoms with Crippen molar-refractivity contribution in [2.45, 2.75) is 24.6 Å². The van der Waals surface area contributed by atoms with E-state index in [2.05, 4.69) is 17.2 Å². The predicted molar refractivity (Wildman–Crippen MR) is 71.8 cm³/mol. The minimum Gasteiger partial charge on any atom is -0.310 e. The minimum atomic E-state index is -4.79. The molecule has 21 heavy (non-hydrogen) atoms. The lowest BCUT2D eigenvalue weighted by Crippen LogP contribution is -2.59. The summed E-state index contributed by atoms with van der Waals surface area (Å²) in [5, 5.41) is 4.15. The third-order valence-electron chi connectivity index (χ3n) is 3.40. The zero-order valence-corrected chi connectivity index (χ0v) is 11.4. The quantitative estimate of drug-likeness (QED) is 0.705. The van der Waals surface area contributed by atoms with Crippen LogP contribution in [-0.2, 0) is 5.54 Å². The van der Waals surface area contributed by atoms with Crippen LogP contribution in [0.2, 0.25) is 5.02 Å². The van der Waals surface area contributed by atoms with Gasteiger partial charge in [0, 0.05) is 16.5 Å². The largest absolute Gasteiger partial charge is 0.427 e. The van der Waals surface area contributed by atoms with Crippen LogP contribution in [0.4, 0.5) is 23.7 Å². The maximum absolute atomic E-state index is 13.7. The van der Waals surface area contributed by atoms with Gasteiger partial charge in [-0.15, -0.1) is 0 Å². The zero-order chi connectivity index (χ0) is 15.3. The number of halogens is 4. The molecule has 0 unspecified atom stereocenters. The third-order valence-corrected chi connectivity index (χ3v) is 3.72. The first-order chi connectivity index (χ1) is 9.83. The van der Waals surface area contributed by atoms with Crippen molar-refractivity contribution in [1.29, 1.82) is 0 Å². The van der Waals surface area contributed by atoms with E-state index in [0.717, 1.165) is 12.8 Å². The number of rotatable bonds is 0. The van der Waals surface area contributed by atoms with Gasteiger partial charge in [-0.3, -0.25) is 0 Å². The maximum atomic E-state index is 13.7. The van der Waals surface area contributed by atoms with Crippen molar-refractivity contribution < 1.29 is 18.0 Å². The lowest BCUT2D eigenvalue weighted by Gasteiger charge is -2.37. The van der Waals surface area contributed by atoms with Crippen molar-refractivity contribution in [3.8, 4) is 11.8 Å². The number of alkyl halides is 3. The van der Waals surface area contributed by atoms with Crippen LogP contribution in [0.15, 0.2) is 18.2 Å². The first-order valence-corrected chi connectivity index (χ1v) is 6.69. The molecule has 0 radical (unpaired) electrons. The van der Waals surface area contributed by atoms with Gasteiger partial charge in [-0.2, -0.15) is 13.2 Å². The van der Waals surface area contributed by atoms with Crippen LogP contribution in [0.5, 0.6) is 0 Å². The molecule has 1 aliphatic carbocycles. The summed E-state index contributed by atoms with van der Waals surface area (Å²) in [6.45, 7) is 0. The van der Waals surface area contributed by atoms with Crippen molar-refractivity contribution >= 4 is 23.3 Å². The summed E-state index contributed by atoms with van der Waals surface area (Å²) in [7, 11) is 0. The lowest BCUT2D eigenvalue weighted by atomic mass is 9.86. The smallest absolute Gasteiger partial charge is 0.310 e. The molecule has 2 amide bonds. The second-order valence-corrected chi connectivity index (χ2v) is 5.44. The summed E-state index contributed by atoms with van der Waals surface area (Å²) in [5.41, 5.74) is -3.01. The summed E-state index contributed by atoms with van der Waals surface area (Å²) in [6, 6.07) is 3.24. The first kappa shape index (κ1) is 14.1. The van der Waals surface area contributed by atoms with Gasteiger partial charge in [0.25, 0.3) is 0 Å². The molecule has 7 heteroatoms. The van der Waals surface area contributed by atoms with Crippen LogP contribution in [-0.4, -0.2) is 12.2 Å². The number of anilines is 1. The van der Waals surface area contributed by atoms with Gasteiger partial charge in [0.2, 0.25) is 5.54 Å². The number of carbonyl (C=O) groups excluding carboxylic acids is 1. The van der Waals surface area contributed by atoms with Gasteiger partial charge >= 0.3 is 12.2 Å². The normalized spacial score (nSPS) is 24.3. The third kappa shape index (κ3) is 2.32. The van der Waals surface area contributed by atoms with Crippen LogP contribution in [0.25, 0.3) is 0 Å². The van der Waals surface area contributed by atoms with E-state index in [1.54, 1.807) is 0 Å². The van der Waals surface area contributed by atoms with E-state index in [1.165, 1.54) is 18.2 Å². The van der Waals surface area contributed by atoms with Crippen molar-refractivity contribution in [3.05, 3.63) is 28.8 Å². The molecule has 1 aliphatic heterocycles. The molecular formula is C14H10ClF3N2O.